The number of ether oxygens (including phenoxy) is 1. The molecular weight excluding hydrogens is 472 g/mol. The maximum absolute atomic E-state index is 11.3. The van der Waals surface area contributed by atoms with E-state index < -0.39 is 17.8 Å². The van der Waals surface area contributed by atoms with Crippen molar-refractivity contribution in [1.29, 1.82) is 0 Å². The van der Waals surface area contributed by atoms with Gasteiger partial charge in [-0.25, -0.2) is 0 Å². The summed E-state index contributed by atoms with van der Waals surface area (Å²) in [5.41, 5.74) is 2.25. The summed E-state index contributed by atoms with van der Waals surface area (Å²) in [6.45, 7) is 2.43. The van der Waals surface area contributed by atoms with Crippen LogP contribution in [0.1, 0.15) is 57.4 Å². The Morgan fingerprint density at radius 1 is 1.08 bits per heavy atom. The number of benzene rings is 1. The largest absolute Gasteiger partial charge is 0.390 e. The van der Waals surface area contributed by atoms with Gasteiger partial charge in [0.1, 0.15) is 0 Å². The molecule has 0 radical (unpaired) electrons. The van der Waals surface area contributed by atoms with Crippen LogP contribution < -0.4 is 0 Å². The van der Waals surface area contributed by atoms with Crippen molar-refractivity contribution in [2.75, 3.05) is 14.1 Å². The number of aliphatic hydroxyl groups is 2. The number of nitrogens with zero attached hydrogens (tertiary/aromatic N) is 2. The van der Waals surface area contributed by atoms with E-state index in [9.17, 15) is 10.2 Å². The smallest absolute Gasteiger partial charge is 0.0958 e. The lowest BCUT2D eigenvalue weighted by Gasteiger charge is -2.52. The van der Waals surface area contributed by atoms with Gasteiger partial charge in [-0.1, -0.05) is 31.2 Å². The van der Waals surface area contributed by atoms with Crippen molar-refractivity contribution >= 4 is 27.9 Å². The van der Waals surface area contributed by atoms with E-state index in [1.54, 1.807) is 0 Å². The number of likely N-dealkylation sites (N-methyl/N-ethyl adjacent to an activating group) is 1. The zero-order valence-corrected chi connectivity index (χ0v) is 22.4. The summed E-state index contributed by atoms with van der Waals surface area (Å²) in [7, 11) is 3.97. The number of aromatic nitrogens is 1. The van der Waals surface area contributed by atoms with Gasteiger partial charge in [0.05, 0.1) is 23.9 Å². The van der Waals surface area contributed by atoms with E-state index in [0.29, 0.717) is 12.3 Å². The van der Waals surface area contributed by atoms with Crippen molar-refractivity contribution in [3.63, 3.8) is 0 Å². The number of hydrogen-bond donors (Lipinski definition) is 2. The third-order valence-electron chi connectivity index (χ3n) is 10.2. The Morgan fingerprint density at radius 2 is 1.92 bits per heavy atom. The number of rotatable bonds is 2. The van der Waals surface area contributed by atoms with E-state index in [4.69, 9.17) is 16.3 Å². The molecule has 3 fully saturated rings. The van der Waals surface area contributed by atoms with E-state index in [0.717, 1.165) is 38.5 Å². The Labute approximate surface area is 219 Å². The van der Waals surface area contributed by atoms with Gasteiger partial charge in [0, 0.05) is 35.1 Å². The number of hydrogen-bond acceptors (Lipinski definition) is 5. The first kappa shape index (κ1) is 24.8. The van der Waals surface area contributed by atoms with Crippen molar-refractivity contribution in [3.05, 3.63) is 48.3 Å². The summed E-state index contributed by atoms with van der Waals surface area (Å²) < 4.78 is 7.13. The zero-order valence-electron chi connectivity index (χ0n) is 21.6. The molecule has 0 amide bonds. The summed E-state index contributed by atoms with van der Waals surface area (Å²) in [6.07, 6.45) is 11.0. The third kappa shape index (κ3) is 3.77. The summed E-state index contributed by atoms with van der Waals surface area (Å²) in [4.78, 5) is 6.38. The van der Waals surface area contributed by atoms with Crippen LogP contribution in [0.5, 0.6) is 0 Å². The minimum Gasteiger partial charge on any atom is -0.390 e. The molecule has 36 heavy (non-hydrogen) atoms. The summed E-state index contributed by atoms with van der Waals surface area (Å²) in [5.74, 6) is 0.230. The molecule has 1 spiro atoms. The van der Waals surface area contributed by atoms with Gasteiger partial charge in [-0.3, -0.25) is 4.98 Å². The minimum absolute atomic E-state index is 0.0402. The molecule has 1 aromatic carbocycles. The third-order valence-corrected chi connectivity index (χ3v) is 10.6. The molecule has 194 valence electrons. The molecule has 2 N–H and O–H groups in total. The van der Waals surface area contributed by atoms with E-state index in [-0.39, 0.29) is 28.9 Å². The molecule has 2 aromatic rings. The topological polar surface area (TPSA) is 65.8 Å². The van der Waals surface area contributed by atoms with E-state index >= 15 is 0 Å². The van der Waals surface area contributed by atoms with Gasteiger partial charge < -0.3 is 19.8 Å². The first-order valence-electron chi connectivity index (χ1n) is 13.6. The average molecular weight is 511 g/mol. The van der Waals surface area contributed by atoms with Crippen molar-refractivity contribution in [3.8, 4) is 0 Å². The molecule has 9 unspecified atom stereocenters. The maximum Gasteiger partial charge on any atom is 0.0958 e. The number of allylic oxidation sites excluding steroid dienone is 2. The molecule has 9 atom stereocenters. The second-order valence-corrected chi connectivity index (χ2v) is 12.9. The van der Waals surface area contributed by atoms with Crippen LogP contribution in [0.2, 0.25) is 0 Å². The van der Waals surface area contributed by atoms with Crippen LogP contribution in [0.25, 0.3) is 16.3 Å². The molecule has 4 aliphatic rings. The van der Waals surface area contributed by atoms with Crippen LogP contribution in [0.3, 0.4) is 0 Å². The minimum atomic E-state index is -0.821. The fraction of sp³-hybridized carbons (Fsp3) is 0.633. The molecule has 1 aromatic heterocycles. The Morgan fingerprint density at radius 3 is 2.72 bits per heavy atom. The van der Waals surface area contributed by atoms with Gasteiger partial charge in [-0.05, 0) is 93.0 Å². The molecule has 2 saturated heterocycles. The van der Waals surface area contributed by atoms with Crippen LogP contribution in [0, 0.1) is 17.3 Å². The fourth-order valence-electron chi connectivity index (χ4n) is 8.20. The molecule has 2 bridgehead atoms. The van der Waals surface area contributed by atoms with Crippen LogP contribution >= 0.6 is 11.6 Å². The standard InChI is InChI=1S/C30H39ClN2O3/c1-29-12-9-19(31)15-24-27(34)28(35)25(33(2)3)16-30(24)13-10-26(36-30)23(29)8-7-22(29)21-6-4-5-18-17-32-14-11-20(18)21/h4-7,11,14,17,19,23-28,34-35H,8-10,12-13,15-16H2,1-3H3. The molecule has 2 aliphatic carbocycles. The maximum atomic E-state index is 11.3. The van der Waals surface area contributed by atoms with Gasteiger partial charge in [-0.2, -0.15) is 0 Å². The van der Waals surface area contributed by atoms with Crippen molar-refractivity contribution in [1.82, 2.24) is 9.88 Å². The zero-order chi connectivity index (χ0) is 25.2. The molecular formula is C30H39ClN2O3. The number of alkyl halides is 1. The lowest BCUT2D eigenvalue weighted by Crippen LogP contribution is -2.63. The fourth-order valence-corrected chi connectivity index (χ4v) is 8.50. The number of fused-ring (bicyclic) bond motifs is 4. The predicted molar refractivity (Wildman–Crippen MR) is 144 cm³/mol. The van der Waals surface area contributed by atoms with Gasteiger partial charge in [0.15, 0.2) is 0 Å². The van der Waals surface area contributed by atoms with E-state index in [2.05, 4.69) is 42.2 Å². The van der Waals surface area contributed by atoms with Crippen molar-refractivity contribution < 1.29 is 14.9 Å². The molecule has 3 heterocycles. The molecule has 6 rings (SSSR count). The van der Waals surface area contributed by atoms with Crippen LogP contribution in [-0.4, -0.2) is 69.5 Å². The summed E-state index contributed by atoms with van der Waals surface area (Å²) in [6, 6.07) is 8.54. The Hall–Kier alpha value is -1.50. The van der Waals surface area contributed by atoms with Crippen LogP contribution in [0.4, 0.5) is 0 Å². The highest BCUT2D eigenvalue weighted by Crippen LogP contribution is 2.60. The van der Waals surface area contributed by atoms with Gasteiger partial charge >= 0.3 is 0 Å². The Kier molecular flexibility index (Phi) is 6.24. The van der Waals surface area contributed by atoms with Crippen molar-refractivity contribution in [2.45, 2.75) is 87.2 Å². The van der Waals surface area contributed by atoms with Gasteiger partial charge in [0.2, 0.25) is 0 Å². The number of halogens is 1. The van der Waals surface area contributed by atoms with Crippen LogP contribution in [0.15, 0.2) is 42.7 Å². The normalized spacial score (nSPS) is 42.8. The second kappa shape index (κ2) is 9.06. The van der Waals surface area contributed by atoms with Gasteiger partial charge in [-0.15, -0.1) is 11.6 Å². The molecule has 5 nitrogen and oxygen atoms in total. The second-order valence-electron chi connectivity index (χ2n) is 12.2. The Balaban J connectivity index is 1.38. The molecule has 1 saturated carbocycles. The Bertz CT molecular complexity index is 1160. The van der Waals surface area contributed by atoms with Gasteiger partial charge in [0.25, 0.3) is 0 Å². The van der Waals surface area contributed by atoms with E-state index in [1.807, 2.05) is 31.4 Å². The first-order chi connectivity index (χ1) is 17.2. The lowest BCUT2D eigenvalue weighted by molar-refractivity contribution is -0.202. The lowest BCUT2D eigenvalue weighted by atomic mass is 9.66. The quantitative estimate of drug-likeness (QED) is 0.555. The van der Waals surface area contributed by atoms with Crippen molar-refractivity contribution in [2.24, 2.45) is 17.3 Å². The highest BCUT2D eigenvalue weighted by molar-refractivity contribution is 6.20. The molecule has 2 aliphatic heterocycles. The first-order valence-corrected chi connectivity index (χ1v) is 14.1. The molecule has 6 heteroatoms. The summed E-state index contributed by atoms with van der Waals surface area (Å²) >= 11 is 7.04. The predicted octanol–water partition coefficient (Wildman–Crippen LogP) is 5.03. The SMILES string of the molecule is CN(C)C1CC23CCC(O2)C2CC=C(c4cccc5cnccc45)C2(C)CCC(Cl)CC3C(O)C1O. The summed E-state index contributed by atoms with van der Waals surface area (Å²) in [5, 5.41) is 24.6. The number of pyridine rings is 1. The highest BCUT2D eigenvalue weighted by Gasteiger charge is 2.60. The monoisotopic (exact) mass is 510 g/mol. The average Bonchev–Trinajstić information content (AvgIpc) is 3.43. The van der Waals surface area contributed by atoms with E-state index in [1.165, 1.54) is 21.9 Å². The highest BCUT2D eigenvalue weighted by atomic mass is 35.5. The van der Waals surface area contributed by atoms with Crippen LogP contribution in [-0.2, 0) is 4.74 Å². The number of aliphatic hydroxyl groups excluding tert-OH is 2.